The lowest BCUT2D eigenvalue weighted by molar-refractivity contribution is -0.205. The van der Waals surface area contributed by atoms with E-state index in [2.05, 4.69) is 20.8 Å². The Balaban J connectivity index is 1.83. The van der Waals surface area contributed by atoms with Crippen molar-refractivity contribution in [3.63, 3.8) is 0 Å². The van der Waals surface area contributed by atoms with Gasteiger partial charge in [-0.1, -0.05) is 20.8 Å². The van der Waals surface area contributed by atoms with Crippen molar-refractivity contribution in [1.29, 1.82) is 0 Å². The number of hydrogen-bond donors (Lipinski definition) is 2. The van der Waals surface area contributed by atoms with Crippen molar-refractivity contribution in [2.24, 2.45) is 28.1 Å². The summed E-state index contributed by atoms with van der Waals surface area (Å²) in [4.78, 5) is 12.6. The van der Waals surface area contributed by atoms with Crippen molar-refractivity contribution in [1.82, 2.24) is 0 Å². The van der Waals surface area contributed by atoms with Crippen molar-refractivity contribution in [3.05, 3.63) is 0 Å². The number of carbonyl (C=O) groups is 1. The van der Waals surface area contributed by atoms with Crippen molar-refractivity contribution >= 4 is 5.78 Å². The van der Waals surface area contributed by atoms with Gasteiger partial charge in [0.1, 0.15) is 5.78 Å². The first-order valence-corrected chi connectivity index (χ1v) is 9.42. The van der Waals surface area contributed by atoms with Crippen LogP contribution in [0.15, 0.2) is 0 Å². The fraction of sp³-hybridized carbons (Fsp3) is 0.950. The first kappa shape index (κ1) is 16.1. The maximum atomic E-state index is 12.6. The molecule has 0 aromatic heterocycles. The van der Waals surface area contributed by atoms with Gasteiger partial charge in [-0.05, 0) is 73.5 Å². The van der Waals surface area contributed by atoms with E-state index in [1.165, 1.54) is 6.42 Å². The number of hydrogen-bond acceptors (Lipinski definition) is 3. The summed E-state index contributed by atoms with van der Waals surface area (Å²) < 4.78 is 0. The van der Waals surface area contributed by atoms with Gasteiger partial charge in [0, 0.05) is 12.8 Å². The quantitative estimate of drug-likeness (QED) is 0.718. The summed E-state index contributed by atoms with van der Waals surface area (Å²) in [5.41, 5.74) is -1.85. The van der Waals surface area contributed by atoms with Crippen LogP contribution in [0.3, 0.4) is 0 Å². The third-order valence-corrected chi connectivity index (χ3v) is 8.90. The molecule has 1 spiro atoms. The van der Waals surface area contributed by atoms with Crippen LogP contribution in [0, 0.1) is 28.1 Å². The second-order valence-corrected chi connectivity index (χ2v) is 10.5. The molecule has 3 nitrogen and oxygen atoms in total. The average molecular weight is 320 g/mol. The molecule has 0 heterocycles. The van der Waals surface area contributed by atoms with Crippen LogP contribution in [-0.4, -0.2) is 27.2 Å². The molecule has 4 aliphatic rings. The Morgan fingerprint density at radius 3 is 2.39 bits per heavy atom. The Labute approximate surface area is 139 Å². The molecule has 23 heavy (non-hydrogen) atoms. The van der Waals surface area contributed by atoms with Crippen LogP contribution in [0.5, 0.6) is 0 Å². The Bertz CT molecular complexity index is 565. The maximum Gasteiger partial charge on any atom is 0.134 e. The van der Waals surface area contributed by atoms with Crippen LogP contribution in [0.25, 0.3) is 0 Å². The van der Waals surface area contributed by atoms with E-state index in [-0.39, 0.29) is 16.2 Å². The molecule has 3 heteroatoms. The number of rotatable bonds is 0. The summed E-state index contributed by atoms with van der Waals surface area (Å²) in [7, 11) is 0. The van der Waals surface area contributed by atoms with Gasteiger partial charge in [0.25, 0.3) is 0 Å². The molecule has 0 aromatic carbocycles. The molecule has 2 N–H and O–H groups in total. The van der Waals surface area contributed by atoms with Crippen molar-refractivity contribution in [2.45, 2.75) is 90.3 Å². The maximum absolute atomic E-state index is 12.6. The molecule has 4 fully saturated rings. The zero-order valence-electron chi connectivity index (χ0n) is 15.1. The van der Waals surface area contributed by atoms with Gasteiger partial charge >= 0.3 is 0 Å². The third-order valence-electron chi connectivity index (χ3n) is 8.90. The molecule has 4 aliphatic carbocycles. The standard InChI is InChI=1S/C20H32O3/c1-16(2)10-14(21)11-17(3)15(16)6-5-13-9-20(23)12-19(13,17)8-7-18(20,4)22/h13,15,22-23H,5-12H2,1-4H3/t13-,15-,17-,18-,19+,20-/m0/s1. The summed E-state index contributed by atoms with van der Waals surface area (Å²) in [6.07, 6.45) is 6.73. The normalized spacial score (nSPS) is 57.7. The molecule has 0 aromatic rings. The van der Waals surface area contributed by atoms with Gasteiger partial charge in [-0.2, -0.15) is 0 Å². The van der Waals surface area contributed by atoms with E-state index in [1.807, 2.05) is 6.92 Å². The molecule has 2 bridgehead atoms. The summed E-state index contributed by atoms with van der Waals surface area (Å²) in [6, 6.07) is 0. The fourth-order valence-electron chi connectivity index (χ4n) is 7.76. The van der Waals surface area contributed by atoms with Gasteiger partial charge in [0.2, 0.25) is 0 Å². The lowest BCUT2D eigenvalue weighted by atomic mass is 9.39. The second-order valence-electron chi connectivity index (χ2n) is 10.5. The molecular formula is C20H32O3. The van der Waals surface area contributed by atoms with Crippen LogP contribution in [0.4, 0.5) is 0 Å². The molecule has 130 valence electrons. The smallest absolute Gasteiger partial charge is 0.134 e. The molecule has 4 rings (SSSR count). The molecule has 0 saturated heterocycles. The fourth-order valence-corrected chi connectivity index (χ4v) is 7.76. The Morgan fingerprint density at radius 1 is 1.00 bits per heavy atom. The van der Waals surface area contributed by atoms with Crippen molar-refractivity contribution < 1.29 is 15.0 Å². The highest BCUT2D eigenvalue weighted by molar-refractivity contribution is 5.81. The topological polar surface area (TPSA) is 57.5 Å². The van der Waals surface area contributed by atoms with E-state index in [1.54, 1.807) is 0 Å². The highest BCUT2D eigenvalue weighted by Gasteiger charge is 2.73. The van der Waals surface area contributed by atoms with Crippen LogP contribution < -0.4 is 0 Å². The number of Topliss-reactive ketones (excluding diaryl/α,β-unsaturated/α-hetero) is 1. The molecule has 0 radical (unpaired) electrons. The van der Waals surface area contributed by atoms with Crippen molar-refractivity contribution in [2.75, 3.05) is 0 Å². The first-order chi connectivity index (χ1) is 10.5. The van der Waals surface area contributed by atoms with Gasteiger partial charge in [0.05, 0.1) is 11.2 Å². The monoisotopic (exact) mass is 320 g/mol. The minimum Gasteiger partial charge on any atom is -0.387 e. The van der Waals surface area contributed by atoms with E-state index in [9.17, 15) is 15.0 Å². The van der Waals surface area contributed by atoms with Gasteiger partial charge in [-0.15, -0.1) is 0 Å². The zero-order chi connectivity index (χ0) is 16.9. The van der Waals surface area contributed by atoms with Crippen molar-refractivity contribution in [3.8, 4) is 0 Å². The molecular weight excluding hydrogens is 288 g/mol. The highest BCUT2D eigenvalue weighted by Crippen LogP contribution is 2.75. The minimum atomic E-state index is -0.977. The van der Waals surface area contributed by atoms with Crippen LogP contribution in [0.1, 0.15) is 79.1 Å². The van der Waals surface area contributed by atoms with Crippen LogP contribution in [0.2, 0.25) is 0 Å². The summed E-state index contributed by atoms with van der Waals surface area (Å²) in [5, 5.41) is 22.0. The Hall–Kier alpha value is -0.410. The predicted octanol–water partition coefficient (Wildman–Crippen LogP) is 3.46. The number of fused-ring (bicyclic) bond motifs is 2. The average Bonchev–Trinajstić information content (AvgIpc) is 2.66. The van der Waals surface area contributed by atoms with Gasteiger partial charge < -0.3 is 10.2 Å². The van der Waals surface area contributed by atoms with Crippen LogP contribution in [-0.2, 0) is 4.79 Å². The first-order valence-electron chi connectivity index (χ1n) is 9.42. The second kappa shape index (κ2) is 4.22. The van der Waals surface area contributed by atoms with E-state index < -0.39 is 11.2 Å². The van der Waals surface area contributed by atoms with Gasteiger partial charge in [-0.25, -0.2) is 0 Å². The SMILES string of the molecule is CC1(C)CC(=O)C[C@@]2(C)[C@H]1CC[C@H]1C[C@]3(O)C[C@]12CC[C@]3(C)O. The molecule has 6 atom stereocenters. The lowest BCUT2D eigenvalue weighted by Gasteiger charge is -2.65. The highest BCUT2D eigenvalue weighted by atomic mass is 16.4. The summed E-state index contributed by atoms with van der Waals surface area (Å²) in [6.45, 7) is 8.69. The number of aliphatic hydroxyl groups is 2. The largest absolute Gasteiger partial charge is 0.387 e. The Kier molecular flexibility index (Phi) is 2.95. The number of ketones is 1. The number of carbonyl (C=O) groups excluding carboxylic acids is 1. The molecule has 0 aliphatic heterocycles. The third kappa shape index (κ3) is 1.76. The molecule has 0 unspecified atom stereocenters. The predicted molar refractivity (Wildman–Crippen MR) is 88.8 cm³/mol. The molecule has 0 amide bonds. The Morgan fingerprint density at radius 2 is 1.70 bits per heavy atom. The molecule has 4 saturated carbocycles. The van der Waals surface area contributed by atoms with Crippen LogP contribution >= 0.6 is 0 Å². The van der Waals surface area contributed by atoms with E-state index in [4.69, 9.17) is 0 Å². The van der Waals surface area contributed by atoms with Gasteiger partial charge in [0.15, 0.2) is 0 Å². The minimum absolute atomic E-state index is 0.0181. The van der Waals surface area contributed by atoms with E-state index >= 15 is 0 Å². The summed E-state index contributed by atoms with van der Waals surface area (Å²) >= 11 is 0. The van der Waals surface area contributed by atoms with Gasteiger partial charge in [-0.3, -0.25) is 4.79 Å². The lowest BCUT2D eigenvalue weighted by Crippen LogP contribution is -2.62. The zero-order valence-corrected chi connectivity index (χ0v) is 15.1. The summed E-state index contributed by atoms with van der Waals surface area (Å²) in [5.74, 6) is 1.41. The van der Waals surface area contributed by atoms with E-state index in [0.717, 1.165) is 19.3 Å². The van der Waals surface area contributed by atoms with E-state index in [0.29, 0.717) is 43.3 Å².